The number of halogens is 5. The SMILES string of the molecule is Cn1c(-c2c(F)c(F)c(F)c(F)c2F)cc2ccccc21. The Morgan fingerprint density at radius 2 is 1.29 bits per heavy atom. The highest BCUT2D eigenvalue weighted by Gasteiger charge is 2.28. The Morgan fingerprint density at radius 1 is 0.762 bits per heavy atom. The van der Waals surface area contributed by atoms with Crippen molar-refractivity contribution in [1.82, 2.24) is 4.57 Å². The maximum absolute atomic E-state index is 13.9. The molecule has 0 bridgehead atoms. The monoisotopic (exact) mass is 297 g/mol. The Balaban J connectivity index is 2.41. The van der Waals surface area contributed by atoms with Gasteiger partial charge in [0.2, 0.25) is 5.82 Å². The van der Waals surface area contributed by atoms with Crippen LogP contribution in [-0.2, 0) is 7.05 Å². The van der Waals surface area contributed by atoms with Gasteiger partial charge in [0, 0.05) is 18.0 Å². The van der Waals surface area contributed by atoms with E-state index < -0.39 is 34.6 Å². The molecule has 0 aliphatic carbocycles. The molecule has 0 aliphatic heterocycles. The van der Waals surface area contributed by atoms with Crippen LogP contribution in [-0.4, -0.2) is 4.57 Å². The molecule has 0 atom stereocenters. The second-order valence-corrected chi connectivity index (χ2v) is 4.59. The minimum Gasteiger partial charge on any atom is -0.343 e. The summed E-state index contributed by atoms with van der Waals surface area (Å²) >= 11 is 0. The molecule has 0 radical (unpaired) electrons. The standard InChI is InChI=1S/C15H8F5N/c1-21-8-5-3-2-4-7(8)6-9(21)10-11(16)13(18)15(20)14(19)12(10)17/h2-6H,1H3. The van der Waals surface area contributed by atoms with Crippen molar-refractivity contribution in [3.63, 3.8) is 0 Å². The van der Waals surface area contributed by atoms with E-state index in [1.54, 1.807) is 24.3 Å². The molecule has 0 spiro atoms. The summed E-state index contributed by atoms with van der Waals surface area (Å²) in [5, 5.41) is 0.638. The van der Waals surface area contributed by atoms with Crippen LogP contribution in [0.25, 0.3) is 22.2 Å². The summed E-state index contributed by atoms with van der Waals surface area (Å²) in [5.41, 5.74) is -0.384. The molecule has 6 heteroatoms. The molecule has 0 fully saturated rings. The van der Waals surface area contributed by atoms with Crippen LogP contribution in [0.5, 0.6) is 0 Å². The molecular weight excluding hydrogens is 289 g/mol. The van der Waals surface area contributed by atoms with Gasteiger partial charge in [-0.25, -0.2) is 22.0 Å². The van der Waals surface area contributed by atoms with Crippen molar-refractivity contribution in [3.8, 4) is 11.3 Å². The Bertz CT molecular complexity index is 837. The third-order valence-corrected chi connectivity index (χ3v) is 3.42. The fourth-order valence-corrected chi connectivity index (χ4v) is 2.36. The van der Waals surface area contributed by atoms with Gasteiger partial charge in [-0.3, -0.25) is 0 Å². The largest absolute Gasteiger partial charge is 0.343 e. The third kappa shape index (κ3) is 1.82. The second kappa shape index (κ2) is 4.58. The predicted molar refractivity (Wildman–Crippen MR) is 68.1 cm³/mol. The zero-order valence-electron chi connectivity index (χ0n) is 10.7. The summed E-state index contributed by atoms with van der Waals surface area (Å²) in [6.07, 6.45) is 0. The number of fused-ring (bicyclic) bond motifs is 1. The molecule has 3 aromatic rings. The molecule has 0 N–H and O–H groups in total. The maximum atomic E-state index is 13.9. The molecule has 0 saturated carbocycles. The van der Waals surface area contributed by atoms with E-state index in [9.17, 15) is 22.0 Å². The summed E-state index contributed by atoms with van der Waals surface area (Å²) in [6, 6.07) is 8.18. The van der Waals surface area contributed by atoms with Gasteiger partial charge in [0.1, 0.15) is 0 Å². The van der Waals surface area contributed by atoms with Crippen LogP contribution in [0.4, 0.5) is 22.0 Å². The lowest BCUT2D eigenvalue weighted by molar-refractivity contribution is 0.381. The number of benzene rings is 2. The zero-order chi connectivity index (χ0) is 15.3. The minimum atomic E-state index is -2.16. The van der Waals surface area contributed by atoms with Crippen molar-refractivity contribution in [1.29, 1.82) is 0 Å². The van der Waals surface area contributed by atoms with E-state index in [4.69, 9.17) is 0 Å². The predicted octanol–water partition coefficient (Wildman–Crippen LogP) is 4.54. The highest BCUT2D eigenvalue weighted by Crippen LogP contribution is 2.34. The molecule has 2 aromatic carbocycles. The Morgan fingerprint density at radius 3 is 1.86 bits per heavy atom. The number of para-hydroxylation sites is 1. The first-order valence-corrected chi connectivity index (χ1v) is 5.99. The van der Waals surface area contributed by atoms with E-state index in [0.29, 0.717) is 10.9 Å². The fraction of sp³-hybridized carbons (Fsp3) is 0.0667. The number of nitrogens with zero attached hydrogens (tertiary/aromatic N) is 1. The van der Waals surface area contributed by atoms with Gasteiger partial charge in [0.05, 0.1) is 11.3 Å². The molecule has 0 aliphatic rings. The molecule has 1 aromatic heterocycles. The third-order valence-electron chi connectivity index (χ3n) is 3.42. The molecule has 0 unspecified atom stereocenters. The molecule has 1 heterocycles. The van der Waals surface area contributed by atoms with Crippen LogP contribution in [0.3, 0.4) is 0 Å². The Hall–Kier alpha value is -2.37. The molecule has 0 saturated heterocycles. The molecular formula is C15H8F5N. The van der Waals surface area contributed by atoms with Crippen molar-refractivity contribution in [3.05, 3.63) is 59.4 Å². The first-order chi connectivity index (χ1) is 9.93. The summed E-state index contributed by atoms with van der Waals surface area (Å²) in [5.74, 6) is -9.73. The summed E-state index contributed by atoms with van der Waals surface area (Å²) in [6.45, 7) is 0. The summed E-state index contributed by atoms with van der Waals surface area (Å²) in [4.78, 5) is 0. The van der Waals surface area contributed by atoms with Gasteiger partial charge in [-0.05, 0) is 12.1 Å². The van der Waals surface area contributed by atoms with Gasteiger partial charge >= 0.3 is 0 Å². The van der Waals surface area contributed by atoms with Gasteiger partial charge in [-0.2, -0.15) is 0 Å². The number of aromatic nitrogens is 1. The number of hydrogen-bond donors (Lipinski definition) is 0. The van der Waals surface area contributed by atoms with Crippen LogP contribution in [0.1, 0.15) is 0 Å². The van der Waals surface area contributed by atoms with Crippen LogP contribution >= 0.6 is 0 Å². The summed E-state index contributed by atoms with van der Waals surface area (Å²) < 4.78 is 68.8. The van der Waals surface area contributed by atoms with E-state index in [0.717, 1.165) is 0 Å². The van der Waals surface area contributed by atoms with Crippen LogP contribution < -0.4 is 0 Å². The van der Waals surface area contributed by atoms with Crippen LogP contribution in [0, 0.1) is 29.1 Å². The first-order valence-electron chi connectivity index (χ1n) is 5.99. The van der Waals surface area contributed by atoms with Gasteiger partial charge < -0.3 is 4.57 Å². The van der Waals surface area contributed by atoms with E-state index in [2.05, 4.69) is 0 Å². The minimum absolute atomic E-state index is 0.0796. The van der Waals surface area contributed by atoms with Crippen molar-refractivity contribution in [2.24, 2.45) is 7.05 Å². The van der Waals surface area contributed by atoms with Crippen molar-refractivity contribution < 1.29 is 22.0 Å². The van der Waals surface area contributed by atoms with Crippen molar-refractivity contribution >= 4 is 10.9 Å². The number of aryl methyl sites for hydroxylation is 1. The van der Waals surface area contributed by atoms with E-state index >= 15 is 0 Å². The fourth-order valence-electron chi connectivity index (χ4n) is 2.36. The number of hydrogen-bond acceptors (Lipinski definition) is 0. The Kier molecular flexibility index (Phi) is 2.97. The lowest BCUT2D eigenvalue weighted by Gasteiger charge is -2.09. The molecule has 108 valence electrons. The number of rotatable bonds is 1. The quantitative estimate of drug-likeness (QED) is 0.353. The zero-order valence-corrected chi connectivity index (χ0v) is 10.7. The Labute approximate surface area is 116 Å². The highest BCUT2D eigenvalue weighted by atomic mass is 19.2. The average Bonchev–Trinajstić information content (AvgIpc) is 2.81. The first kappa shape index (κ1) is 13.6. The van der Waals surface area contributed by atoms with Crippen molar-refractivity contribution in [2.45, 2.75) is 0 Å². The normalized spacial score (nSPS) is 11.3. The van der Waals surface area contributed by atoms with Gasteiger partial charge in [-0.15, -0.1) is 0 Å². The molecule has 0 amide bonds. The second-order valence-electron chi connectivity index (χ2n) is 4.59. The molecule has 21 heavy (non-hydrogen) atoms. The molecule has 1 nitrogen and oxygen atoms in total. The van der Waals surface area contributed by atoms with E-state index in [-0.39, 0.29) is 5.69 Å². The lowest BCUT2D eigenvalue weighted by Crippen LogP contribution is -2.06. The van der Waals surface area contributed by atoms with E-state index in [1.807, 2.05) is 0 Å². The molecule has 3 rings (SSSR count). The highest BCUT2D eigenvalue weighted by molar-refractivity contribution is 5.87. The van der Waals surface area contributed by atoms with Gasteiger partial charge in [0.25, 0.3) is 0 Å². The van der Waals surface area contributed by atoms with Gasteiger partial charge in [0.15, 0.2) is 23.3 Å². The van der Waals surface area contributed by atoms with Crippen molar-refractivity contribution in [2.75, 3.05) is 0 Å². The topological polar surface area (TPSA) is 4.93 Å². The van der Waals surface area contributed by atoms with Crippen LogP contribution in [0.15, 0.2) is 30.3 Å². The smallest absolute Gasteiger partial charge is 0.200 e. The summed E-state index contributed by atoms with van der Waals surface area (Å²) in [7, 11) is 1.50. The van der Waals surface area contributed by atoms with Gasteiger partial charge in [-0.1, -0.05) is 18.2 Å². The van der Waals surface area contributed by atoms with E-state index in [1.165, 1.54) is 17.7 Å². The lowest BCUT2D eigenvalue weighted by atomic mass is 10.1. The maximum Gasteiger partial charge on any atom is 0.200 e. The average molecular weight is 297 g/mol. The van der Waals surface area contributed by atoms with Crippen LogP contribution in [0.2, 0.25) is 0 Å².